The van der Waals surface area contributed by atoms with Crippen LogP contribution in [0.15, 0.2) is 47.4 Å². The van der Waals surface area contributed by atoms with E-state index >= 15 is 0 Å². The van der Waals surface area contributed by atoms with Gasteiger partial charge < -0.3 is 9.47 Å². The maximum absolute atomic E-state index is 12.7. The van der Waals surface area contributed by atoms with Crippen LogP contribution in [0.3, 0.4) is 0 Å². The van der Waals surface area contributed by atoms with Crippen LogP contribution < -0.4 is 9.47 Å². The molecular formula is C16H16ClNO4S. The third-order valence-electron chi connectivity index (χ3n) is 3.54. The van der Waals surface area contributed by atoms with Crippen molar-refractivity contribution in [2.45, 2.75) is 11.4 Å². The molecule has 0 radical (unpaired) electrons. The molecule has 1 aliphatic rings. The van der Waals surface area contributed by atoms with Crippen LogP contribution in [-0.4, -0.2) is 33.0 Å². The average molecular weight is 354 g/mol. The number of halogens is 1. The summed E-state index contributed by atoms with van der Waals surface area (Å²) in [5.41, 5.74) is 0.859. The molecule has 0 N–H and O–H groups in total. The molecule has 1 aliphatic heterocycles. The minimum Gasteiger partial charge on any atom is -0.486 e. The smallest absolute Gasteiger partial charge is 0.243 e. The first-order valence-electron chi connectivity index (χ1n) is 7.07. The molecule has 0 bridgehead atoms. The molecule has 122 valence electrons. The Morgan fingerprint density at radius 3 is 2.39 bits per heavy atom. The summed E-state index contributed by atoms with van der Waals surface area (Å²) in [6, 6.07) is 11.7. The molecule has 5 nitrogen and oxygen atoms in total. The van der Waals surface area contributed by atoms with E-state index in [1.54, 1.807) is 37.4 Å². The van der Waals surface area contributed by atoms with Crippen LogP contribution in [0.1, 0.15) is 5.56 Å². The second-order valence-corrected chi connectivity index (χ2v) is 7.67. The third-order valence-corrected chi connectivity index (χ3v) is 5.59. The lowest BCUT2D eigenvalue weighted by molar-refractivity contribution is 0.171. The van der Waals surface area contributed by atoms with Crippen molar-refractivity contribution < 1.29 is 17.9 Å². The summed E-state index contributed by atoms with van der Waals surface area (Å²) in [6.45, 7) is 1.14. The van der Waals surface area contributed by atoms with Gasteiger partial charge in [0.25, 0.3) is 0 Å². The van der Waals surface area contributed by atoms with Gasteiger partial charge in [0.2, 0.25) is 10.0 Å². The summed E-state index contributed by atoms with van der Waals surface area (Å²) in [7, 11) is -2.07. The molecule has 0 saturated heterocycles. The molecular weight excluding hydrogens is 338 g/mol. The largest absolute Gasteiger partial charge is 0.486 e. The van der Waals surface area contributed by atoms with Gasteiger partial charge in [-0.25, -0.2) is 8.42 Å². The van der Waals surface area contributed by atoms with Gasteiger partial charge in [0.1, 0.15) is 13.2 Å². The zero-order chi connectivity index (χ0) is 16.4. The van der Waals surface area contributed by atoms with E-state index in [1.165, 1.54) is 16.4 Å². The molecule has 2 aromatic carbocycles. The number of sulfonamides is 1. The van der Waals surface area contributed by atoms with E-state index in [1.807, 2.05) is 0 Å². The summed E-state index contributed by atoms with van der Waals surface area (Å²) in [5, 5.41) is 0.617. The predicted molar refractivity (Wildman–Crippen MR) is 87.5 cm³/mol. The lowest BCUT2D eigenvalue weighted by atomic mass is 10.2. The SMILES string of the molecule is CN(Cc1ccc(Cl)cc1)S(=O)(=O)c1ccc2c(c1)OCCO2. The summed E-state index contributed by atoms with van der Waals surface area (Å²) in [5.74, 6) is 1.02. The van der Waals surface area contributed by atoms with E-state index in [-0.39, 0.29) is 11.4 Å². The van der Waals surface area contributed by atoms with Crippen LogP contribution in [-0.2, 0) is 16.6 Å². The minimum absolute atomic E-state index is 0.179. The standard InChI is InChI=1S/C16H16ClNO4S/c1-18(11-12-2-4-13(17)5-3-12)23(19,20)14-6-7-15-16(10-14)22-9-8-21-15/h2-7,10H,8-9,11H2,1H3. The molecule has 23 heavy (non-hydrogen) atoms. The Balaban J connectivity index is 1.84. The van der Waals surface area contributed by atoms with Crippen molar-refractivity contribution in [1.82, 2.24) is 4.31 Å². The highest BCUT2D eigenvalue weighted by molar-refractivity contribution is 7.89. The van der Waals surface area contributed by atoms with Gasteiger partial charge in [0.15, 0.2) is 11.5 Å². The molecule has 0 spiro atoms. The van der Waals surface area contributed by atoms with Crippen molar-refractivity contribution in [3.8, 4) is 11.5 Å². The van der Waals surface area contributed by atoms with Crippen molar-refractivity contribution in [2.24, 2.45) is 0 Å². The highest BCUT2D eigenvalue weighted by atomic mass is 35.5. The summed E-state index contributed by atoms with van der Waals surface area (Å²) >= 11 is 5.84. The van der Waals surface area contributed by atoms with Crippen LogP contribution in [0, 0.1) is 0 Å². The van der Waals surface area contributed by atoms with Gasteiger partial charge in [-0.2, -0.15) is 4.31 Å². The van der Waals surface area contributed by atoms with Crippen molar-refractivity contribution in [3.63, 3.8) is 0 Å². The van der Waals surface area contributed by atoms with Gasteiger partial charge in [-0.05, 0) is 29.8 Å². The van der Waals surface area contributed by atoms with E-state index in [2.05, 4.69) is 0 Å². The Bertz CT molecular complexity index is 805. The van der Waals surface area contributed by atoms with Crippen molar-refractivity contribution in [2.75, 3.05) is 20.3 Å². The van der Waals surface area contributed by atoms with E-state index < -0.39 is 10.0 Å². The second-order valence-electron chi connectivity index (χ2n) is 5.19. The monoisotopic (exact) mass is 353 g/mol. The van der Waals surface area contributed by atoms with E-state index in [9.17, 15) is 8.42 Å². The Morgan fingerprint density at radius 2 is 1.70 bits per heavy atom. The minimum atomic E-state index is -3.62. The fourth-order valence-corrected chi connectivity index (χ4v) is 3.60. The zero-order valence-corrected chi connectivity index (χ0v) is 14.1. The number of nitrogens with zero attached hydrogens (tertiary/aromatic N) is 1. The average Bonchev–Trinajstić information content (AvgIpc) is 2.56. The Kier molecular flexibility index (Phi) is 4.48. The molecule has 1 heterocycles. The van der Waals surface area contributed by atoms with Crippen LogP contribution in [0.5, 0.6) is 11.5 Å². The van der Waals surface area contributed by atoms with E-state index in [0.29, 0.717) is 29.7 Å². The molecule has 0 saturated carbocycles. The van der Waals surface area contributed by atoms with Crippen molar-refractivity contribution in [1.29, 1.82) is 0 Å². The number of ether oxygens (including phenoxy) is 2. The van der Waals surface area contributed by atoms with Gasteiger partial charge in [0, 0.05) is 24.7 Å². The lowest BCUT2D eigenvalue weighted by Crippen LogP contribution is -2.26. The Morgan fingerprint density at radius 1 is 1.04 bits per heavy atom. The maximum atomic E-state index is 12.7. The van der Waals surface area contributed by atoms with Gasteiger partial charge in [0.05, 0.1) is 4.90 Å². The first kappa shape index (κ1) is 16.1. The molecule has 2 aromatic rings. The summed E-state index contributed by atoms with van der Waals surface area (Å²) in [6.07, 6.45) is 0. The van der Waals surface area contributed by atoms with Gasteiger partial charge >= 0.3 is 0 Å². The quantitative estimate of drug-likeness (QED) is 0.848. The fraction of sp³-hybridized carbons (Fsp3) is 0.250. The molecule has 7 heteroatoms. The summed E-state index contributed by atoms with van der Waals surface area (Å²) in [4.78, 5) is 0.179. The predicted octanol–water partition coefficient (Wildman–Crippen LogP) is 2.93. The van der Waals surface area contributed by atoms with Crippen LogP contribution in [0.25, 0.3) is 0 Å². The van der Waals surface area contributed by atoms with Gasteiger partial charge in [-0.1, -0.05) is 23.7 Å². The molecule has 0 amide bonds. The van der Waals surface area contributed by atoms with Crippen LogP contribution >= 0.6 is 11.6 Å². The van der Waals surface area contributed by atoms with Gasteiger partial charge in [-0.3, -0.25) is 0 Å². The number of hydrogen-bond donors (Lipinski definition) is 0. The Hall–Kier alpha value is -1.76. The normalized spacial score (nSPS) is 14.0. The molecule has 0 aromatic heterocycles. The maximum Gasteiger partial charge on any atom is 0.243 e. The lowest BCUT2D eigenvalue weighted by Gasteiger charge is -2.21. The number of rotatable bonds is 4. The number of fused-ring (bicyclic) bond motifs is 1. The number of hydrogen-bond acceptors (Lipinski definition) is 4. The second kappa shape index (κ2) is 6.39. The van der Waals surface area contributed by atoms with Crippen molar-refractivity contribution >= 4 is 21.6 Å². The summed E-state index contributed by atoms with van der Waals surface area (Å²) < 4.78 is 37.5. The zero-order valence-electron chi connectivity index (χ0n) is 12.5. The molecule has 0 unspecified atom stereocenters. The number of benzene rings is 2. The first-order valence-corrected chi connectivity index (χ1v) is 8.89. The van der Waals surface area contributed by atoms with Gasteiger partial charge in [-0.15, -0.1) is 0 Å². The first-order chi connectivity index (χ1) is 11.0. The fourth-order valence-electron chi connectivity index (χ4n) is 2.30. The van der Waals surface area contributed by atoms with Crippen LogP contribution in [0.4, 0.5) is 0 Å². The van der Waals surface area contributed by atoms with Crippen LogP contribution in [0.2, 0.25) is 5.02 Å². The third kappa shape index (κ3) is 3.44. The van der Waals surface area contributed by atoms with E-state index in [0.717, 1.165) is 5.56 Å². The molecule has 0 atom stereocenters. The Labute approximate surface area is 140 Å². The molecule has 0 aliphatic carbocycles. The highest BCUT2D eigenvalue weighted by Crippen LogP contribution is 2.33. The topological polar surface area (TPSA) is 55.8 Å². The molecule has 3 rings (SSSR count). The highest BCUT2D eigenvalue weighted by Gasteiger charge is 2.23. The van der Waals surface area contributed by atoms with E-state index in [4.69, 9.17) is 21.1 Å². The molecule has 0 fully saturated rings. The van der Waals surface area contributed by atoms with Crippen molar-refractivity contribution in [3.05, 3.63) is 53.1 Å².